The summed E-state index contributed by atoms with van der Waals surface area (Å²) in [4.78, 5) is 0. The highest BCUT2D eigenvalue weighted by molar-refractivity contribution is 6.21. The molecule has 0 aliphatic carbocycles. The highest BCUT2D eigenvalue weighted by atomic mass is 13.9. The van der Waals surface area contributed by atoms with Gasteiger partial charge in [0.25, 0.3) is 0 Å². The predicted molar refractivity (Wildman–Crippen MR) is 46.4 cm³/mol. The Labute approximate surface area is 59.8 Å². The lowest BCUT2D eigenvalue weighted by molar-refractivity contribution is 0.728. The fourth-order valence-electron chi connectivity index (χ4n) is 0.785. The van der Waals surface area contributed by atoms with Crippen molar-refractivity contribution in [1.82, 2.24) is 0 Å². The van der Waals surface area contributed by atoms with Crippen LogP contribution in [0.4, 0.5) is 0 Å². The molecule has 0 saturated carbocycles. The molecule has 0 heterocycles. The molecule has 0 radical (unpaired) electrons. The fraction of sp³-hybridized carbons (Fsp3) is 0.750. The Kier molecular flexibility index (Phi) is 5.80. The van der Waals surface area contributed by atoms with E-state index in [-0.39, 0.29) is 0 Å². The molecule has 0 fully saturated rings. The minimum Gasteiger partial charge on any atom is -0.117 e. The van der Waals surface area contributed by atoms with Crippen molar-refractivity contribution in [3.05, 3.63) is 11.5 Å². The van der Waals surface area contributed by atoms with E-state index in [1.807, 2.05) is 0 Å². The zero-order valence-corrected chi connectivity index (χ0v) is 6.91. The van der Waals surface area contributed by atoms with Gasteiger partial charge in [0.1, 0.15) is 7.85 Å². The molecule has 1 heteroatoms. The van der Waals surface area contributed by atoms with Gasteiger partial charge in [-0.3, -0.25) is 0 Å². The van der Waals surface area contributed by atoms with E-state index in [9.17, 15) is 0 Å². The van der Waals surface area contributed by atoms with Gasteiger partial charge in [-0.15, -0.1) is 5.47 Å². The van der Waals surface area contributed by atoms with E-state index < -0.39 is 0 Å². The molecule has 0 saturated heterocycles. The van der Waals surface area contributed by atoms with Gasteiger partial charge in [0.05, 0.1) is 0 Å². The number of rotatable bonds is 4. The Bertz CT molecular complexity index is 80.6. The zero-order chi connectivity index (χ0) is 7.11. The van der Waals surface area contributed by atoms with Crippen molar-refractivity contribution in [2.45, 2.75) is 39.5 Å². The van der Waals surface area contributed by atoms with Crippen molar-refractivity contribution in [2.24, 2.45) is 0 Å². The second-order valence-electron chi connectivity index (χ2n) is 2.78. The normalized spacial score (nSPS) is 12.0. The Morgan fingerprint density at radius 3 is 2.56 bits per heavy atom. The van der Waals surface area contributed by atoms with Gasteiger partial charge in [-0.25, -0.2) is 0 Å². The minimum atomic E-state index is 1.27. The van der Waals surface area contributed by atoms with Gasteiger partial charge in [-0.1, -0.05) is 32.8 Å². The summed E-state index contributed by atoms with van der Waals surface area (Å²) < 4.78 is 0. The van der Waals surface area contributed by atoms with Gasteiger partial charge < -0.3 is 0 Å². The van der Waals surface area contributed by atoms with Crippen molar-refractivity contribution >= 4 is 7.85 Å². The van der Waals surface area contributed by atoms with E-state index >= 15 is 0 Å². The first kappa shape index (κ1) is 8.80. The Morgan fingerprint density at radius 1 is 1.44 bits per heavy atom. The molecular formula is C8H17B. The third kappa shape index (κ3) is 7.80. The summed E-state index contributed by atoms with van der Waals surface area (Å²) in [5, 5.41) is 0. The van der Waals surface area contributed by atoms with E-state index in [0.29, 0.717) is 0 Å². The quantitative estimate of drug-likeness (QED) is 0.397. The molecule has 0 aromatic heterocycles. The fourth-order valence-corrected chi connectivity index (χ4v) is 0.785. The first-order valence-electron chi connectivity index (χ1n) is 3.90. The molecule has 0 nitrogen and oxygen atoms in total. The third-order valence-electron chi connectivity index (χ3n) is 1.36. The predicted octanol–water partition coefficient (Wildman–Crippen LogP) is 2.10. The molecule has 0 unspecified atom stereocenters. The van der Waals surface area contributed by atoms with Crippen LogP contribution in [0.15, 0.2) is 11.5 Å². The van der Waals surface area contributed by atoms with Crippen LogP contribution < -0.4 is 0 Å². The molecule has 0 spiro atoms. The molecule has 0 aromatic carbocycles. The van der Waals surface area contributed by atoms with Gasteiger partial charge in [0, 0.05) is 0 Å². The van der Waals surface area contributed by atoms with Crippen molar-refractivity contribution in [2.75, 3.05) is 0 Å². The molecule has 52 valence electrons. The lowest BCUT2D eigenvalue weighted by atomic mass is 9.96. The molecule has 0 amide bonds. The van der Waals surface area contributed by atoms with Crippen LogP contribution in [-0.2, 0) is 0 Å². The van der Waals surface area contributed by atoms with E-state index in [1.165, 1.54) is 31.2 Å². The van der Waals surface area contributed by atoms with Crippen LogP contribution in [-0.4, -0.2) is 7.85 Å². The van der Waals surface area contributed by atoms with Crippen molar-refractivity contribution in [3.8, 4) is 0 Å². The molecule has 0 aromatic rings. The summed E-state index contributed by atoms with van der Waals surface area (Å²) in [6.45, 7) is 4.40. The van der Waals surface area contributed by atoms with Gasteiger partial charge in [-0.05, 0) is 12.8 Å². The summed E-state index contributed by atoms with van der Waals surface area (Å²) in [6.07, 6.45) is 7.66. The van der Waals surface area contributed by atoms with Crippen LogP contribution >= 0.6 is 0 Å². The van der Waals surface area contributed by atoms with E-state index in [4.69, 9.17) is 0 Å². The molecule has 0 bridgehead atoms. The van der Waals surface area contributed by atoms with Crippen LogP contribution in [0, 0.1) is 0 Å². The van der Waals surface area contributed by atoms with E-state index in [0.717, 1.165) is 0 Å². The summed E-state index contributed by atoms with van der Waals surface area (Å²) >= 11 is 0. The van der Waals surface area contributed by atoms with Crippen LogP contribution in [0.3, 0.4) is 0 Å². The number of hydrogen-bond acceptors (Lipinski definition) is 0. The maximum absolute atomic E-state index is 2.32. The molecular weight excluding hydrogens is 107 g/mol. The van der Waals surface area contributed by atoms with E-state index in [1.54, 1.807) is 0 Å². The van der Waals surface area contributed by atoms with Gasteiger partial charge in [0.15, 0.2) is 0 Å². The van der Waals surface area contributed by atoms with Gasteiger partial charge >= 0.3 is 0 Å². The highest BCUT2D eigenvalue weighted by Crippen LogP contribution is 2.00. The first-order chi connectivity index (χ1) is 4.27. The van der Waals surface area contributed by atoms with Crippen LogP contribution in [0.2, 0.25) is 0 Å². The molecule has 0 aliphatic rings. The minimum absolute atomic E-state index is 1.27. The smallest absolute Gasteiger partial charge is 0.117 e. The van der Waals surface area contributed by atoms with Crippen LogP contribution in [0.25, 0.3) is 0 Å². The van der Waals surface area contributed by atoms with Gasteiger partial charge in [-0.2, -0.15) is 0 Å². The zero-order valence-electron chi connectivity index (χ0n) is 6.91. The average Bonchev–Trinajstić information content (AvgIpc) is 1.80. The van der Waals surface area contributed by atoms with E-state index in [2.05, 4.69) is 27.8 Å². The topological polar surface area (TPSA) is 0 Å². The second-order valence-corrected chi connectivity index (χ2v) is 2.78. The number of allylic oxidation sites excluding steroid dienone is 2. The lowest BCUT2D eigenvalue weighted by Gasteiger charge is -1.92. The third-order valence-corrected chi connectivity index (χ3v) is 1.36. The largest absolute Gasteiger partial charge is 0.133 e. The Morgan fingerprint density at radius 2 is 2.11 bits per heavy atom. The summed E-state index contributed by atoms with van der Waals surface area (Å²) in [5.74, 6) is 0. The van der Waals surface area contributed by atoms with Crippen molar-refractivity contribution < 1.29 is 0 Å². The first-order valence-corrected chi connectivity index (χ1v) is 3.90. The molecule has 0 atom stereocenters. The second kappa shape index (κ2) is 5.93. The Hall–Kier alpha value is -0.195. The van der Waals surface area contributed by atoms with Crippen molar-refractivity contribution in [3.63, 3.8) is 0 Å². The number of unbranched alkanes of at least 4 members (excludes halogenated alkanes) is 3. The number of hydrogen-bond donors (Lipinski definition) is 0. The molecule has 0 aliphatic heterocycles. The summed E-state index contributed by atoms with van der Waals surface area (Å²) in [7, 11) is 2.16. The molecule has 9 heavy (non-hydrogen) atoms. The Balaban J connectivity index is 3.00. The maximum atomic E-state index is 2.32. The highest BCUT2D eigenvalue weighted by Gasteiger charge is 1.81. The van der Waals surface area contributed by atoms with Crippen LogP contribution in [0.1, 0.15) is 39.5 Å². The maximum Gasteiger partial charge on any atom is 0.133 e. The van der Waals surface area contributed by atoms with Crippen LogP contribution in [0.5, 0.6) is 0 Å². The SMILES string of the molecule is B/C(C)=C\CCCCC. The average molecular weight is 124 g/mol. The lowest BCUT2D eigenvalue weighted by Crippen LogP contribution is -1.74. The molecule has 0 rings (SSSR count). The van der Waals surface area contributed by atoms with Crippen molar-refractivity contribution in [1.29, 1.82) is 0 Å². The van der Waals surface area contributed by atoms with Gasteiger partial charge in [0.2, 0.25) is 0 Å². The monoisotopic (exact) mass is 124 g/mol. The standard InChI is InChI=1S/C8H17B/c1-3-4-5-6-7-8(2)9/h7H,3-6,9H2,1-2H3/b8-7-. The summed E-state index contributed by atoms with van der Waals surface area (Å²) in [6, 6.07) is 0. The molecule has 0 N–H and O–H groups in total. The summed E-state index contributed by atoms with van der Waals surface area (Å²) in [5.41, 5.74) is 1.45.